The van der Waals surface area contributed by atoms with Gasteiger partial charge in [0.15, 0.2) is 0 Å². The number of hydrogen-bond acceptors (Lipinski definition) is 16. The Hall–Kier alpha value is -5.57. The minimum atomic E-state index is -4.05. The number of azo groups is 2. The molecular formula is C36H30Cl2CrN12NaO12S2. The summed E-state index contributed by atoms with van der Waals surface area (Å²) in [5.41, 5.74) is -2.23. The molecule has 1 radical (unpaired) electrons. The van der Waals surface area contributed by atoms with Crippen molar-refractivity contribution < 1.29 is 83.8 Å². The van der Waals surface area contributed by atoms with Crippen molar-refractivity contribution in [2.45, 2.75) is 51.3 Å². The summed E-state index contributed by atoms with van der Waals surface area (Å²) < 4.78 is 49.3. The normalized spacial score (nSPS) is 11.5. The van der Waals surface area contributed by atoms with E-state index in [1.807, 2.05) is 0 Å². The molecule has 0 aliphatic carbocycles. The Bertz CT molecular complexity index is 3150. The Morgan fingerprint density at radius 3 is 1.21 bits per heavy atom. The SMILES string of the molecule is Cc1ccc(S(N)(=O)=O)c(C)c1-n1[n-]c(C)c(N=Nc2cc(Cl)cc([N+](=O)[O-])c2[O-])c1=O.Cc1ccc(S(N)(=O)=O)c(C)c1-n1[n-]c(C)c(N=Nc2cc(Cl)cc([N+](=O)[O-])c2[O-])c1=O.[Cr+3].[Na+]. The molecule has 6 rings (SSSR count). The number of halogens is 2. The van der Waals surface area contributed by atoms with E-state index < -0.39 is 75.3 Å². The van der Waals surface area contributed by atoms with Crippen LogP contribution in [0.15, 0.2) is 88.4 Å². The summed E-state index contributed by atoms with van der Waals surface area (Å²) >= 11 is 11.6. The van der Waals surface area contributed by atoms with Gasteiger partial charge in [0.2, 0.25) is 20.0 Å². The average molecular weight is 1030 g/mol. The van der Waals surface area contributed by atoms with Gasteiger partial charge in [-0.1, -0.05) is 49.2 Å². The minimum absolute atomic E-state index is 0. The molecule has 0 spiro atoms. The molecule has 4 aromatic carbocycles. The zero-order valence-electron chi connectivity index (χ0n) is 35.1. The van der Waals surface area contributed by atoms with Crippen molar-refractivity contribution in [3.05, 3.63) is 133 Å². The molecule has 24 nitrogen and oxygen atoms in total. The van der Waals surface area contributed by atoms with Crippen LogP contribution in [0.25, 0.3) is 11.4 Å². The average Bonchev–Trinajstić information content (AvgIpc) is 3.61. The van der Waals surface area contributed by atoms with E-state index in [2.05, 4.69) is 30.7 Å². The Morgan fingerprint density at radius 1 is 0.606 bits per heavy atom. The smallest absolute Gasteiger partial charge is 0.866 e. The number of nitrogens with zero attached hydrogens (tertiary/aromatic N) is 10. The van der Waals surface area contributed by atoms with Crippen LogP contribution in [0.2, 0.25) is 10.0 Å². The van der Waals surface area contributed by atoms with Crippen LogP contribution in [0.3, 0.4) is 0 Å². The van der Waals surface area contributed by atoms with Crippen molar-refractivity contribution in [2.24, 2.45) is 30.7 Å². The number of benzene rings is 4. The summed E-state index contributed by atoms with van der Waals surface area (Å²) in [6.07, 6.45) is 0. The first-order valence-corrected chi connectivity index (χ1v) is 21.4. The summed E-state index contributed by atoms with van der Waals surface area (Å²) in [6, 6.07) is 9.54. The number of primary sulfonamides is 2. The van der Waals surface area contributed by atoms with Gasteiger partial charge in [-0.05, 0) is 74.2 Å². The number of nitrogens with two attached hydrogens (primary N) is 2. The van der Waals surface area contributed by atoms with E-state index in [1.165, 1.54) is 52.0 Å². The Labute approximate surface area is 415 Å². The van der Waals surface area contributed by atoms with E-state index in [-0.39, 0.29) is 112 Å². The Kier molecular flexibility index (Phi) is 17.4. The number of sulfonamides is 2. The predicted molar refractivity (Wildman–Crippen MR) is 225 cm³/mol. The zero-order chi connectivity index (χ0) is 47.9. The van der Waals surface area contributed by atoms with E-state index in [1.54, 1.807) is 13.8 Å². The number of hydrogen-bond donors (Lipinski definition) is 2. The van der Waals surface area contributed by atoms with Gasteiger partial charge in [0.25, 0.3) is 22.5 Å². The van der Waals surface area contributed by atoms with E-state index in [0.29, 0.717) is 11.1 Å². The van der Waals surface area contributed by atoms with Gasteiger partial charge in [-0.2, -0.15) is 10.2 Å². The summed E-state index contributed by atoms with van der Waals surface area (Å²) in [4.78, 5) is 45.7. The maximum atomic E-state index is 13.0. The van der Waals surface area contributed by atoms with Gasteiger partial charge in [0.05, 0.1) is 31.0 Å². The maximum absolute atomic E-state index is 13.0. The summed E-state index contributed by atoms with van der Waals surface area (Å²) in [5, 5.41) is 79.7. The number of aryl methyl sites for hydroxylation is 4. The number of nitro groups is 2. The number of aromatic nitrogens is 4. The molecule has 0 saturated heterocycles. The fourth-order valence-electron chi connectivity index (χ4n) is 6.19. The second kappa shape index (κ2) is 20.9. The molecule has 2 heterocycles. The van der Waals surface area contributed by atoms with E-state index in [9.17, 15) is 56.9 Å². The Morgan fingerprint density at radius 2 is 0.924 bits per heavy atom. The molecule has 0 atom stereocenters. The summed E-state index contributed by atoms with van der Waals surface area (Å²) in [6.45, 7) is 9.18. The van der Waals surface area contributed by atoms with Gasteiger partial charge in [0.1, 0.15) is 11.4 Å². The molecule has 30 heteroatoms. The van der Waals surface area contributed by atoms with Crippen molar-refractivity contribution >= 4 is 77.4 Å². The van der Waals surface area contributed by atoms with Gasteiger partial charge in [0, 0.05) is 45.1 Å². The second-order valence-electron chi connectivity index (χ2n) is 13.6. The third kappa shape index (κ3) is 11.3. The summed E-state index contributed by atoms with van der Waals surface area (Å²) in [5.74, 6) is -2.04. The molecule has 339 valence electrons. The molecule has 0 fully saturated rings. The monoisotopic (exact) mass is 1030 g/mol. The van der Waals surface area contributed by atoms with Gasteiger partial charge in [-0.15, -0.1) is 21.6 Å². The van der Waals surface area contributed by atoms with Crippen LogP contribution in [0.1, 0.15) is 33.6 Å². The van der Waals surface area contributed by atoms with Crippen molar-refractivity contribution in [3.63, 3.8) is 0 Å². The molecule has 0 bridgehead atoms. The predicted octanol–water partition coefficient (Wildman–Crippen LogP) is 1.84. The number of nitro benzene ring substituents is 2. The third-order valence-corrected chi connectivity index (χ3v) is 11.7. The van der Waals surface area contributed by atoms with Gasteiger partial charge >= 0.3 is 46.9 Å². The van der Waals surface area contributed by atoms with Crippen LogP contribution >= 0.6 is 23.2 Å². The minimum Gasteiger partial charge on any atom is -0.866 e. The Balaban J connectivity index is 0.000000340. The van der Waals surface area contributed by atoms with Crippen LogP contribution < -0.4 is 71.4 Å². The van der Waals surface area contributed by atoms with E-state index in [4.69, 9.17) is 33.5 Å². The summed E-state index contributed by atoms with van der Waals surface area (Å²) in [7, 11) is -8.10. The van der Waals surface area contributed by atoms with E-state index >= 15 is 0 Å². The number of rotatable bonds is 10. The van der Waals surface area contributed by atoms with E-state index in [0.717, 1.165) is 33.6 Å². The first kappa shape index (κ1) is 54.8. The molecule has 6 aromatic rings. The molecule has 66 heavy (non-hydrogen) atoms. The van der Waals surface area contributed by atoms with Crippen molar-refractivity contribution in [1.82, 2.24) is 19.6 Å². The quantitative estimate of drug-likeness (QED) is 0.0856. The van der Waals surface area contributed by atoms with Crippen molar-refractivity contribution in [2.75, 3.05) is 0 Å². The third-order valence-electron chi connectivity index (χ3n) is 9.12. The zero-order valence-corrected chi connectivity index (χ0v) is 41.5. The van der Waals surface area contributed by atoms with Gasteiger partial charge < -0.3 is 29.8 Å². The second-order valence-corrected chi connectivity index (χ2v) is 17.5. The molecule has 2 aromatic heterocycles. The molecule has 0 saturated carbocycles. The molecule has 0 aliphatic rings. The molecule has 0 unspecified atom stereocenters. The standard InChI is InChI=1S/2C18H17ClN6O6S.Cr.Na/c2*1-8-4-5-14(32(20,30)31)9(2)16(8)24-18(27)15(10(3)23-24)22-21-12-6-11(19)7-13(17(12)26)25(28)29;;/h2*4-7H,1-3H3,(H4,20,21,22,23,26,27,30,31);;/q;;+3;+1/p-4. The van der Waals surface area contributed by atoms with Crippen molar-refractivity contribution in [1.29, 1.82) is 0 Å². The fraction of sp³-hybridized carbons (Fsp3) is 0.167. The fourth-order valence-corrected chi connectivity index (χ4v) is 8.17. The van der Waals surface area contributed by atoms with Gasteiger partial charge in [-0.3, -0.25) is 29.8 Å². The first-order valence-electron chi connectivity index (χ1n) is 17.6. The van der Waals surface area contributed by atoms with Crippen LogP contribution in [0.4, 0.5) is 34.1 Å². The molecule has 0 amide bonds. The largest absolute Gasteiger partial charge is 3.00 e. The molecular weight excluding hydrogens is 1000 g/mol. The van der Waals surface area contributed by atoms with Crippen LogP contribution in [0, 0.1) is 61.8 Å². The first-order chi connectivity index (χ1) is 29.6. The van der Waals surface area contributed by atoms with Crippen LogP contribution in [-0.4, -0.2) is 36.0 Å². The van der Waals surface area contributed by atoms with Crippen LogP contribution in [-0.2, 0) is 37.4 Å². The topological polar surface area (TPSA) is 374 Å². The molecule has 4 N–H and O–H groups in total. The molecule has 0 aliphatic heterocycles. The van der Waals surface area contributed by atoms with Gasteiger partial charge in [-0.25, -0.2) is 27.1 Å². The van der Waals surface area contributed by atoms with Crippen LogP contribution in [0.5, 0.6) is 11.5 Å². The van der Waals surface area contributed by atoms with Crippen molar-refractivity contribution in [3.8, 4) is 22.9 Å². The maximum Gasteiger partial charge on any atom is 3.00 e.